The van der Waals surface area contributed by atoms with E-state index in [0.29, 0.717) is 17.2 Å². The molecule has 2 rings (SSSR count). The number of piperidine rings is 1. The summed E-state index contributed by atoms with van der Waals surface area (Å²) in [4.78, 5) is 25.7. The summed E-state index contributed by atoms with van der Waals surface area (Å²) in [6, 6.07) is 1.54. The fourth-order valence-corrected chi connectivity index (χ4v) is 2.86. The summed E-state index contributed by atoms with van der Waals surface area (Å²) >= 11 is 1.03. The molecule has 2 unspecified atom stereocenters. The lowest BCUT2D eigenvalue weighted by atomic mass is 9.96. The maximum Gasteiger partial charge on any atom is 0.310 e. The van der Waals surface area contributed by atoms with Gasteiger partial charge in [-0.25, -0.2) is 0 Å². The van der Waals surface area contributed by atoms with Crippen LogP contribution in [-0.4, -0.2) is 59.7 Å². The molecule has 1 amide bonds. The molecule has 1 aliphatic rings. The fraction of sp³-hybridized carbons (Fsp3) is 0.583. The molecule has 20 heavy (non-hydrogen) atoms. The summed E-state index contributed by atoms with van der Waals surface area (Å²) < 4.78 is 13.6. The van der Waals surface area contributed by atoms with Gasteiger partial charge in [0.15, 0.2) is 0 Å². The van der Waals surface area contributed by atoms with E-state index in [4.69, 9.17) is 4.74 Å². The number of nitrogens with zero attached hydrogens (tertiary/aromatic N) is 2. The summed E-state index contributed by atoms with van der Waals surface area (Å²) in [5.41, 5.74) is 0. The van der Waals surface area contributed by atoms with E-state index in [-0.39, 0.29) is 19.0 Å². The minimum atomic E-state index is -0.730. The molecule has 0 saturated carbocycles. The van der Waals surface area contributed by atoms with Crippen molar-refractivity contribution in [2.24, 2.45) is 5.92 Å². The third kappa shape index (κ3) is 3.07. The summed E-state index contributed by atoms with van der Waals surface area (Å²) in [6.45, 7) is 0.440. The fourth-order valence-electron chi connectivity index (χ4n) is 2.19. The Kier molecular flexibility index (Phi) is 4.56. The molecule has 0 radical (unpaired) electrons. The van der Waals surface area contributed by atoms with Crippen LogP contribution in [0.4, 0.5) is 0 Å². The van der Waals surface area contributed by atoms with Crippen LogP contribution in [0.15, 0.2) is 6.07 Å². The number of methoxy groups -OCH3 is 2. The Morgan fingerprint density at radius 3 is 2.80 bits per heavy atom. The lowest BCUT2D eigenvalue weighted by Crippen LogP contribution is -2.48. The van der Waals surface area contributed by atoms with Gasteiger partial charge in [-0.1, -0.05) is 0 Å². The van der Waals surface area contributed by atoms with Crippen molar-refractivity contribution in [3.63, 3.8) is 0 Å². The zero-order valence-corrected chi connectivity index (χ0v) is 12.1. The van der Waals surface area contributed by atoms with E-state index in [9.17, 15) is 14.7 Å². The predicted octanol–water partition coefficient (Wildman–Crippen LogP) is 0.148. The van der Waals surface area contributed by atoms with Crippen LogP contribution < -0.4 is 4.74 Å². The summed E-state index contributed by atoms with van der Waals surface area (Å²) in [6.07, 6.45) is -0.422. The Balaban J connectivity index is 2.10. The van der Waals surface area contributed by atoms with E-state index in [1.54, 1.807) is 6.07 Å². The minimum absolute atomic E-state index is 0.201. The Bertz CT molecular complexity index is 504. The van der Waals surface area contributed by atoms with Gasteiger partial charge in [-0.2, -0.15) is 4.37 Å². The number of β-amino-alcohol motifs (C(OH)–C–C–N with tert-alkyl or cyclic N) is 1. The number of hydrogen-bond donors (Lipinski definition) is 1. The maximum absolute atomic E-state index is 12.3. The van der Waals surface area contributed by atoms with Crippen molar-refractivity contribution in [2.45, 2.75) is 12.5 Å². The molecule has 2 heterocycles. The smallest absolute Gasteiger partial charge is 0.310 e. The predicted molar refractivity (Wildman–Crippen MR) is 70.7 cm³/mol. The molecule has 2 atom stereocenters. The lowest BCUT2D eigenvalue weighted by molar-refractivity contribution is -0.148. The summed E-state index contributed by atoms with van der Waals surface area (Å²) in [5.74, 6) is -0.801. The third-order valence-corrected chi connectivity index (χ3v) is 3.92. The molecule has 8 heteroatoms. The number of carbonyl (C=O) groups is 2. The molecule has 0 bridgehead atoms. The highest BCUT2D eigenvalue weighted by Crippen LogP contribution is 2.23. The second kappa shape index (κ2) is 6.19. The molecule has 1 aromatic rings. The van der Waals surface area contributed by atoms with Gasteiger partial charge < -0.3 is 19.5 Å². The number of aliphatic hydroxyl groups excluding tert-OH is 1. The van der Waals surface area contributed by atoms with Crippen LogP contribution in [0.1, 0.15) is 16.1 Å². The van der Waals surface area contributed by atoms with Crippen LogP contribution in [0.3, 0.4) is 0 Å². The number of amides is 1. The number of esters is 1. The standard InChI is InChI=1S/C12H16N2O5S/c1-18-10-4-9(20-13-10)11(16)14-5-7(12(17)19-2)3-8(15)6-14/h4,7-8,15H,3,5-6H2,1-2H3. The second-order valence-electron chi connectivity index (χ2n) is 4.55. The van der Waals surface area contributed by atoms with Gasteiger partial charge in [0.2, 0.25) is 5.88 Å². The van der Waals surface area contributed by atoms with Crippen LogP contribution in [0, 0.1) is 5.92 Å². The molecular weight excluding hydrogens is 284 g/mol. The second-order valence-corrected chi connectivity index (χ2v) is 5.36. The van der Waals surface area contributed by atoms with Gasteiger partial charge in [0.05, 0.1) is 26.2 Å². The molecule has 1 fully saturated rings. The number of aromatic nitrogens is 1. The van der Waals surface area contributed by atoms with Crippen molar-refractivity contribution < 1.29 is 24.2 Å². The van der Waals surface area contributed by atoms with Crippen molar-refractivity contribution in [2.75, 3.05) is 27.3 Å². The van der Waals surface area contributed by atoms with Crippen LogP contribution in [-0.2, 0) is 9.53 Å². The third-order valence-electron chi connectivity index (χ3n) is 3.16. The number of hydrogen-bond acceptors (Lipinski definition) is 7. The Labute approximate surface area is 120 Å². The largest absolute Gasteiger partial charge is 0.480 e. The number of rotatable bonds is 3. The molecule has 0 spiro atoms. The topological polar surface area (TPSA) is 89.0 Å². The highest BCUT2D eigenvalue weighted by Gasteiger charge is 2.34. The van der Waals surface area contributed by atoms with Gasteiger partial charge >= 0.3 is 5.97 Å². The molecule has 1 aliphatic heterocycles. The first-order chi connectivity index (χ1) is 9.55. The van der Waals surface area contributed by atoms with Crippen molar-refractivity contribution >= 4 is 23.4 Å². The van der Waals surface area contributed by atoms with Crippen LogP contribution in [0.2, 0.25) is 0 Å². The number of ether oxygens (including phenoxy) is 2. The van der Waals surface area contributed by atoms with Gasteiger partial charge in [-0.15, -0.1) is 0 Å². The van der Waals surface area contributed by atoms with E-state index in [0.717, 1.165) is 11.5 Å². The Hall–Kier alpha value is -1.67. The molecular formula is C12H16N2O5S. The first-order valence-corrected chi connectivity index (χ1v) is 6.88. The highest BCUT2D eigenvalue weighted by atomic mass is 32.1. The van der Waals surface area contributed by atoms with Gasteiger partial charge in [0.25, 0.3) is 5.91 Å². The summed E-state index contributed by atoms with van der Waals surface area (Å²) in [5, 5.41) is 9.80. The SMILES string of the molecule is COC(=O)C1CC(O)CN(C(=O)c2cc(OC)ns2)C1. The maximum atomic E-state index is 12.3. The van der Waals surface area contributed by atoms with Crippen LogP contribution in [0.25, 0.3) is 0 Å². The van der Waals surface area contributed by atoms with Crippen molar-refractivity contribution in [1.29, 1.82) is 0 Å². The normalized spacial score (nSPS) is 22.4. The average molecular weight is 300 g/mol. The lowest BCUT2D eigenvalue weighted by Gasteiger charge is -2.34. The zero-order valence-electron chi connectivity index (χ0n) is 11.2. The van der Waals surface area contributed by atoms with Gasteiger partial charge in [-0.05, 0) is 18.0 Å². The first kappa shape index (κ1) is 14.7. The van der Waals surface area contributed by atoms with E-state index >= 15 is 0 Å². The monoisotopic (exact) mass is 300 g/mol. The number of aliphatic hydroxyl groups is 1. The van der Waals surface area contributed by atoms with Crippen LogP contribution in [0.5, 0.6) is 5.88 Å². The van der Waals surface area contributed by atoms with Crippen molar-refractivity contribution in [3.8, 4) is 5.88 Å². The minimum Gasteiger partial charge on any atom is -0.480 e. The van der Waals surface area contributed by atoms with Gasteiger partial charge in [0.1, 0.15) is 4.88 Å². The van der Waals surface area contributed by atoms with Crippen LogP contribution >= 0.6 is 11.5 Å². The first-order valence-electron chi connectivity index (χ1n) is 6.11. The summed E-state index contributed by atoms with van der Waals surface area (Å²) in [7, 11) is 2.77. The quantitative estimate of drug-likeness (QED) is 0.799. The van der Waals surface area contributed by atoms with E-state index < -0.39 is 18.0 Å². The molecule has 110 valence electrons. The zero-order chi connectivity index (χ0) is 14.7. The highest BCUT2D eigenvalue weighted by molar-refractivity contribution is 7.08. The van der Waals surface area contributed by atoms with E-state index in [2.05, 4.69) is 9.11 Å². The Morgan fingerprint density at radius 1 is 1.45 bits per heavy atom. The van der Waals surface area contributed by atoms with Crippen molar-refractivity contribution in [3.05, 3.63) is 10.9 Å². The molecule has 1 N–H and O–H groups in total. The molecule has 0 aromatic carbocycles. The van der Waals surface area contributed by atoms with E-state index in [1.165, 1.54) is 19.1 Å². The number of likely N-dealkylation sites (tertiary alicyclic amines) is 1. The van der Waals surface area contributed by atoms with Crippen molar-refractivity contribution in [1.82, 2.24) is 9.27 Å². The van der Waals surface area contributed by atoms with E-state index in [1.807, 2.05) is 0 Å². The molecule has 1 saturated heterocycles. The molecule has 0 aliphatic carbocycles. The average Bonchev–Trinajstić information content (AvgIpc) is 2.93. The van der Waals surface area contributed by atoms with Gasteiger partial charge in [0, 0.05) is 19.2 Å². The Morgan fingerprint density at radius 2 is 2.20 bits per heavy atom. The molecule has 1 aromatic heterocycles. The molecule has 7 nitrogen and oxygen atoms in total. The number of carbonyl (C=O) groups excluding carboxylic acids is 2. The van der Waals surface area contributed by atoms with Gasteiger partial charge in [-0.3, -0.25) is 9.59 Å².